The van der Waals surface area contributed by atoms with Crippen LogP contribution in [-0.2, 0) is 11.2 Å². The molecule has 7 heteroatoms. The van der Waals surface area contributed by atoms with Crippen molar-refractivity contribution in [2.45, 2.75) is 24.9 Å². The Hall–Kier alpha value is -2.05. The van der Waals surface area contributed by atoms with Crippen LogP contribution in [0.2, 0.25) is 0 Å². The van der Waals surface area contributed by atoms with Gasteiger partial charge in [0.15, 0.2) is 0 Å². The molecule has 1 unspecified atom stereocenters. The summed E-state index contributed by atoms with van der Waals surface area (Å²) >= 11 is 0. The molecule has 2 aromatic rings. The van der Waals surface area contributed by atoms with E-state index in [1.54, 1.807) is 18.2 Å². The van der Waals surface area contributed by atoms with E-state index >= 15 is 0 Å². The number of halogens is 4. The van der Waals surface area contributed by atoms with Gasteiger partial charge in [-0.1, -0.05) is 60.7 Å². The molecule has 0 aliphatic rings. The van der Waals surface area contributed by atoms with Crippen molar-refractivity contribution in [3.63, 3.8) is 0 Å². The molecule has 0 aromatic heterocycles. The molecule has 0 bridgehead atoms. The number of carbonyl (C=O) groups is 1. The number of hydrogen-bond acceptors (Lipinski definition) is 2. The standard InChI is InChI=1S/C20H23F3N2O.ClH/c21-20(22,23)18(17-9-5-2-6-10-17)15-19(26)25(14-12-24)13-11-16-7-3-1-4-8-16;/h1-10,18H,11-15,24H2;1H. The fourth-order valence-corrected chi connectivity index (χ4v) is 2.84. The van der Waals surface area contributed by atoms with Crippen LogP contribution in [0.3, 0.4) is 0 Å². The summed E-state index contributed by atoms with van der Waals surface area (Å²) in [5.74, 6) is -2.34. The fourth-order valence-electron chi connectivity index (χ4n) is 2.84. The van der Waals surface area contributed by atoms with Crippen LogP contribution in [0.15, 0.2) is 60.7 Å². The van der Waals surface area contributed by atoms with E-state index in [4.69, 9.17) is 5.73 Å². The van der Waals surface area contributed by atoms with Gasteiger partial charge in [-0.05, 0) is 17.5 Å². The SMILES string of the molecule is Cl.NCCN(CCc1ccccc1)C(=O)CC(c1ccccc1)C(F)(F)F. The summed E-state index contributed by atoms with van der Waals surface area (Å²) in [5, 5.41) is 0. The normalized spacial score (nSPS) is 12.1. The number of nitrogens with two attached hydrogens (primary N) is 1. The molecular formula is C20H24ClF3N2O. The second kappa shape index (κ2) is 10.9. The molecule has 2 rings (SSSR count). The van der Waals surface area contributed by atoms with E-state index in [-0.39, 0.29) is 31.1 Å². The van der Waals surface area contributed by atoms with Gasteiger partial charge in [-0.3, -0.25) is 4.79 Å². The third-order valence-electron chi connectivity index (χ3n) is 4.24. The van der Waals surface area contributed by atoms with Crippen molar-refractivity contribution < 1.29 is 18.0 Å². The van der Waals surface area contributed by atoms with Crippen LogP contribution in [0, 0.1) is 0 Å². The summed E-state index contributed by atoms with van der Waals surface area (Å²) in [6, 6.07) is 17.1. The first-order valence-corrected chi connectivity index (χ1v) is 8.55. The maximum absolute atomic E-state index is 13.5. The smallest absolute Gasteiger partial charge is 0.341 e. The minimum absolute atomic E-state index is 0. The van der Waals surface area contributed by atoms with Gasteiger partial charge in [-0.2, -0.15) is 13.2 Å². The van der Waals surface area contributed by atoms with Crippen LogP contribution in [0.5, 0.6) is 0 Å². The molecule has 1 amide bonds. The Morgan fingerprint density at radius 1 is 0.963 bits per heavy atom. The number of rotatable bonds is 8. The quantitative estimate of drug-likeness (QED) is 0.722. The third kappa shape index (κ3) is 7.23. The van der Waals surface area contributed by atoms with Crippen molar-refractivity contribution in [3.05, 3.63) is 71.8 Å². The Bertz CT molecular complexity index is 681. The molecule has 0 saturated heterocycles. The van der Waals surface area contributed by atoms with Crippen molar-refractivity contribution >= 4 is 18.3 Å². The summed E-state index contributed by atoms with van der Waals surface area (Å²) in [7, 11) is 0. The number of amides is 1. The van der Waals surface area contributed by atoms with Crippen molar-refractivity contribution in [1.29, 1.82) is 0 Å². The van der Waals surface area contributed by atoms with Gasteiger partial charge in [0.05, 0.1) is 5.92 Å². The van der Waals surface area contributed by atoms with E-state index in [2.05, 4.69) is 0 Å². The van der Waals surface area contributed by atoms with Gasteiger partial charge in [0.25, 0.3) is 0 Å². The zero-order valence-corrected chi connectivity index (χ0v) is 15.7. The number of benzene rings is 2. The van der Waals surface area contributed by atoms with Crippen molar-refractivity contribution in [3.8, 4) is 0 Å². The Kier molecular flexibility index (Phi) is 9.32. The van der Waals surface area contributed by atoms with Gasteiger partial charge in [0.1, 0.15) is 0 Å². The van der Waals surface area contributed by atoms with Gasteiger partial charge in [-0.15, -0.1) is 12.4 Å². The van der Waals surface area contributed by atoms with E-state index in [9.17, 15) is 18.0 Å². The van der Waals surface area contributed by atoms with Crippen molar-refractivity contribution in [2.75, 3.05) is 19.6 Å². The lowest BCUT2D eigenvalue weighted by molar-refractivity contribution is -0.160. The molecule has 3 nitrogen and oxygen atoms in total. The highest BCUT2D eigenvalue weighted by Gasteiger charge is 2.42. The van der Waals surface area contributed by atoms with Crippen LogP contribution in [0.1, 0.15) is 23.5 Å². The maximum Gasteiger partial charge on any atom is 0.396 e. The van der Waals surface area contributed by atoms with Crippen LogP contribution >= 0.6 is 12.4 Å². The Labute approximate surface area is 163 Å². The number of alkyl halides is 3. The van der Waals surface area contributed by atoms with Crippen molar-refractivity contribution in [1.82, 2.24) is 4.90 Å². The van der Waals surface area contributed by atoms with E-state index < -0.39 is 24.4 Å². The van der Waals surface area contributed by atoms with Gasteiger partial charge in [-0.25, -0.2) is 0 Å². The predicted octanol–water partition coefficient (Wildman–Crippen LogP) is 4.17. The summed E-state index contributed by atoms with van der Waals surface area (Å²) in [4.78, 5) is 14.0. The zero-order valence-electron chi connectivity index (χ0n) is 14.9. The Balaban J connectivity index is 0.00000364. The Morgan fingerprint density at radius 2 is 1.52 bits per heavy atom. The van der Waals surface area contributed by atoms with E-state index in [0.717, 1.165) is 5.56 Å². The molecule has 0 aliphatic carbocycles. The van der Waals surface area contributed by atoms with E-state index in [0.29, 0.717) is 13.0 Å². The predicted molar refractivity (Wildman–Crippen MR) is 103 cm³/mol. The molecule has 0 heterocycles. The molecule has 0 aliphatic heterocycles. The molecule has 0 radical (unpaired) electrons. The number of hydrogen-bond donors (Lipinski definition) is 1. The summed E-state index contributed by atoms with van der Waals surface area (Å²) in [5.41, 5.74) is 6.67. The van der Waals surface area contributed by atoms with Gasteiger partial charge >= 0.3 is 6.18 Å². The fraction of sp³-hybridized carbons (Fsp3) is 0.350. The molecule has 0 fully saturated rings. The van der Waals surface area contributed by atoms with Crippen LogP contribution < -0.4 is 5.73 Å². The molecular weight excluding hydrogens is 377 g/mol. The molecule has 0 spiro atoms. The highest BCUT2D eigenvalue weighted by atomic mass is 35.5. The van der Waals surface area contributed by atoms with Gasteiger partial charge in [0.2, 0.25) is 5.91 Å². The lowest BCUT2D eigenvalue weighted by Crippen LogP contribution is -2.39. The van der Waals surface area contributed by atoms with Gasteiger partial charge in [0, 0.05) is 26.1 Å². The maximum atomic E-state index is 13.5. The first kappa shape index (κ1) is 23.0. The minimum atomic E-state index is -4.48. The largest absolute Gasteiger partial charge is 0.396 e. The van der Waals surface area contributed by atoms with Crippen LogP contribution in [0.25, 0.3) is 0 Å². The van der Waals surface area contributed by atoms with Gasteiger partial charge < -0.3 is 10.6 Å². The second-order valence-electron chi connectivity index (χ2n) is 6.11. The highest BCUT2D eigenvalue weighted by molar-refractivity contribution is 5.85. The molecule has 0 saturated carbocycles. The second-order valence-corrected chi connectivity index (χ2v) is 6.11. The third-order valence-corrected chi connectivity index (χ3v) is 4.24. The molecule has 148 valence electrons. The number of nitrogens with zero attached hydrogens (tertiary/aromatic N) is 1. The molecule has 2 N–H and O–H groups in total. The summed E-state index contributed by atoms with van der Waals surface area (Å²) in [6.45, 7) is 0.799. The van der Waals surface area contributed by atoms with Crippen molar-refractivity contribution in [2.24, 2.45) is 5.73 Å². The average Bonchev–Trinajstić information content (AvgIpc) is 2.63. The topological polar surface area (TPSA) is 46.3 Å². The first-order chi connectivity index (χ1) is 12.4. The number of carbonyl (C=O) groups excluding carboxylic acids is 1. The average molecular weight is 401 g/mol. The van der Waals surface area contributed by atoms with E-state index in [1.165, 1.54) is 17.0 Å². The first-order valence-electron chi connectivity index (χ1n) is 8.55. The zero-order chi connectivity index (χ0) is 19.0. The summed E-state index contributed by atoms with van der Waals surface area (Å²) in [6.07, 6.45) is -4.51. The Morgan fingerprint density at radius 3 is 2.04 bits per heavy atom. The minimum Gasteiger partial charge on any atom is -0.341 e. The summed E-state index contributed by atoms with van der Waals surface area (Å²) < 4.78 is 40.4. The lowest BCUT2D eigenvalue weighted by Gasteiger charge is -2.26. The molecule has 1 atom stereocenters. The highest BCUT2D eigenvalue weighted by Crippen LogP contribution is 2.37. The van der Waals surface area contributed by atoms with E-state index in [1.807, 2.05) is 30.3 Å². The van der Waals surface area contributed by atoms with Crippen LogP contribution in [-0.4, -0.2) is 36.6 Å². The lowest BCUT2D eigenvalue weighted by atomic mass is 9.94. The molecule has 2 aromatic carbocycles. The van der Waals surface area contributed by atoms with Crippen LogP contribution in [0.4, 0.5) is 13.2 Å². The molecule has 27 heavy (non-hydrogen) atoms. The monoisotopic (exact) mass is 400 g/mol.